The van der Waals surface area contributed by atoms with Crippen LogP contribution in [0.2, 0.25) is 0 Å². The Morgan fingerprint density at radius 2 is 2.09 bits per heavy atom. The van der Waals surface area contributed by atoms with E-state index >= 15 is 0 Å². The van der Waals surface area contributed by atoms with Gasteiger partial charge in [0, 0.05) is 30.8 Å². The third kappa shape index (κ3) is 6.15. The fraction of sp³-hybridized carbons (Fsp3) is 0.448. The largest absolute Gasteiger partial charge is 0.498 e. The van der Waals surface area contributed by atoms with Crippen molar-refractivity contribution in [3.05, 3.63) is 70.2 Å². The first-order valence-electron chi connectivity index (χ1n) is 12.3. The number of aromatic nitrogens is 1. The average Bonchev–Trinajstić information content (AvgIpc) is 2.86. The Morgan fingerprint density at radius 1 is 1.31 bits per heavy atom. The van der Waals surface area contributed by atoms with Crippen LogP contribution in [0, 0.1) is 18.3 Å². The highest BCUT2D eigenvalue weighted by atomic mass is 32.1. The molecule has 5 nitrogen and oxygen atoms in total. The molecule has 0 fully saturated rings. The van der Waals surface area contributed by atoms with Crippen molar-refractivity contribution in [2.45, 2.75) is 71.8 Å². The Balaban J connectivity index is 1.66. The molecule has 0 saturated heterocycles. The zero-order valence-electron chi connectivity index (χ0n) is 21.4. The second-order valence-electron chi connectivity index (χ2n) is 9.58. The maximum absolute atomic E-state index is 13.7. The van der Waals surface area contributed by atoms with Crippen LogP contribution in [0.3, 0.4) is 0 Å². The minimum absolute atomic E-state index is 0.109. The summed E-state index contributed by atoms with van der Waals surface area (Å²) < 4.78 is 6.08. The average molecular weight is 490 g/mol. The minimum atomic E-state index is -0.761. The number of nitriles is 1. The first-order valence-corrected chi connectivity index (χ1v) is 12.7. The highest BCUT2D eigenvalue weighted by Gasteiger charge is 2.38. The van der Waals surface area contributed by atoms with Gasteiger partial charge in [0.15, 0.2) is 5.78 Å². The number of rotatable bonds is 10. The van der Waals surface area contributed by atoms with Gasteiger partial charge in [-0.05, 0) is 74.9 Å². The number of aryl methyl sites for hydroxylation is 2. The van der Waals surface area contributed by atoms with Crippen molar-refractivity contribution in [3.63, 3.8) is 0 Å². The normalized spacial score (nSPS) is 13.8. The van der Waals surface area contributed by atoms with Gasteiger partial charge in [0.2, 0.25) is 0 Å². The van der Waals surface area contributed by atoms with Crippen LogP contribution in [0.5, 0.6) is 0 Å². The topological polar surface area (TPSA) is 66.2 Å². The fourth-order valence-corrected chi connectivity index (χ4v) is 4.94. The van der Waals surface area contributed by atoms with Crippen LogP contribution in [0.15, 0.2) is 42.3 Å². The van der Waals surface area contributed by atoms with Gasteiger partial charge in [0.05, 0.1) is 34.5 Å². The van der Waals surface area contributed by atoms with E-state index in [0.717, 1.165) is 52.4 Å². The van der Waals surface area contributed by atoms with Gasteiger partial charge in [-0.15, -0.1) is 0 Å². The molecular weight excluding hydrogens is 454 g/mol. The summed E-state index contributed by atoms with van der Waals surface area (Å²) in [6.45, 7) is 11.0. The smallest absolute Gasteiger partial charge is 0.164 e. The minimum Gasteiger partial charge on any atom is -0.498 e. The lowest BCUT2D eigenvalue weighted by Gasteiger charge is -2.41. The number of nitrogens with zero attached hydrogens (tertiary/aromatic N) is 3. The van der Waals surface area contributed by atoms with E-state index in [4.69, 9.17) is 17.0 Å². The van der Waals surface area contributed by atoms with Gasteiger partial charge in [0.1, 0.15) is 0 Å². The predicted octanol–water partition coefficient (Wildman–Crippen LogP) is 6.15. The van der Waals surface area contributed by atoms with Gasteiger partial charge in [-0.25, -0.2) is 0 Å². The molecule has 0 amide bonds. The summed E-state index contributed by atoms with van der Waals surface area (Å²) in [7, 11) is 0. The third-order valence-electron chi connectivity index (χ3n) is 6.81. The van der Waals surface area contributed by atoms with Gasteiger partial charge in [-0.3, -0.25) is 9.78 Å². The van der Waals surface area contributed by atoms with Crippen LogP contribution in [-0.2, 0) is 16.0 Å². The standard InChI is InChI=1S/C29H35N3O2S/c1-6-27(35)32(15-8-16-34-25-12-13-26-23(18-25)9-7-14-31-26)29(4,5)28(33)21(3)22-10-11-24(19-30)20(2)17-22/h7,9-11,14,17-18,21H,6,8,12-13,15-16H2,1-5H3. The highest BCUT2D eigenvalue weighted by Crippen LogP contribution is 2.29. The number of ketones is 1. The lowest BCUT2D eigenvalue weighted by molar-refractivity contribution is -0.128. The van der Waals surface area contributed by atoms with Crippen molar-refractivity contribution in [1.29, 1.82) is 5.26 Å². The number of thiocarbonyl (C=S) groups is 1. The molecule has 0 saturated carbocycles. The van der Waals surface area contributed by atoms with Crippen molar-refractivity contribution >= 4 is 29.1 Å². The summed E-state index contributed by atoms with van der Waals surface area (Å²) in [6, 6.07) is 11.8. The highest BCUT2D eigenvalue weighted by molar-refractivity contribution is 7.80. The maximum Gasteiger partial charge on any atom is 0.164 e. The van der Waals surface area contributed by atoms with Crippen molar-refractivity contribution in [2.24, 2.45) is 0 Å². The lowest BCUT2D eigenvalue weighted by atomic mass is 9.83. The number of benzene rings is 1. The van der Waals surface area contributed by atoms with E-state index in [0.29, 0.717) is 25.1 Å². The van der Waals surface area contributed by atoms with E-state index < -0.39 is 5.54 Å². The molecule has 184 valence electrons. The molecule has 35 heavy (non-hydrogen) atoms. The molecule has 1 unspecified atom stereocenters. The van der Waals surface area contributed by atoms with Crippen LogP contribution in [0.4, 0.5) is 0 Å². The van der Waals surface area contributed by atoms with E-state index in [-0.39, 0.29) is 11.7 Å². The number of carbonyl (C=O) groups excluding carboxylic acids is 1. The Hall–Kier alpha value is -3.04. The van der Waals surface area contributed by atoms with Crippen molar-refractivity contribution in [3.8, 4) is 6.07 Å². The van der Waals surface area contributed by atoms with Crippen LogP contribution in [0.1, 0.15) is 80.8 Å². The molecule has 0 bridgehead atoms. The molecule has 0 spiro atoms. The number of pyridine rings is 1. The summed E-state index contributed by atoms with van der Waals surface area (Å²) in [5, 5.41) is 9.22. The van der Waals surface area contributed by atoms with Crippen LogP contribution >= 0.6 is 12.2 Å². The number of fused-ring (bicyclic) bond motifs is 1. The van der Waals surface area contributed by atoms with Crippen molar-refractivity contribution < 1.29 is 9.53 Å². The van der Waals surface area contributed by atoms with Crippen LogP contribution in [-0.4, -0.2) is 39.3 Å². The predicted molar refractivity (Wildman–Crippen MR) is 144 cm³/mol. The number of hydrogen-bond acceptors (Lipinski definition) is 5. The van der Waals surface area contributed by atoms with E-state index in [1.54, 1.807) is 6.07 Å². The molecule has 2 aromatic rings. The van der Waals surface area contributed by atoms with E-state index in [1.807, 2.05) is 59.0 Å². The summed E-state index contributed by atoms with van der Waals surface area (Å²) in [5.41, 5.74) is 3.92. The fourth-order valence-electron chi connectivity index (χ4n) is 4.62. The molecule has 1 aliphatic rings. The van der Waals surface area contributed by atoms with Crippen LogP contribution < -0.4 is 0 Å². The molecule has 3 rings (SSSR count). The summed E-state index contributed by atoms with van der Waals surface area (Å²) >= 11 is 5.70. The van der Waals surface area contributed by atoms with Gasteiger partial charge in [0.25, 0.3) is 0 Å². The zero-order valence-corrected chi connectivity index (χ0v) is 22.2. The first kappa shape index (κ1) is 26.6. The Labute approximate surface area is 214 Å². The van der Waals surface area contributed by atoms with Gasteiger partial charge < -0.3 is 9.64 Å². The molecule has 0 radical (unpaired) electrons. The molecular formula is C29H35N3O2S. The molecule has 1 aromatic heterocycles. The van der Waals surface area contributed by atoms with Crippen molar-refractivity contribution in [2.75, 3.05) is 13.2 Å². The number of allylic oxidation sites excluding steroid dienone is 1. The van der Waals surface area contributed by atoms with E-state index in [1.165, 1.54) is 0 Å². The third-order valence-corrected chi connectivity index (χ3v) is 7.32. The van der Waals surface area contributed by atoms with Crippen LogP contribution in [0.25, 0.3) is 6.08 Å². The summed E-state index contributed by atoms with van der Waals surface area (Å²) in [4.78, 5) is 21.0. The Morgan fingerprint density at radius 3 is 2.77 bits per heavy atom. The number of carbonyl (C=O) groups is 1. The molecule has 1 aliphatic carbocycles. The quantitative estimate of drug-likeness (QED) is 0.295. The molecule has 0 N–H and O–H groups in total. The molecule has 1 heterocycles. The number of Topliss-reactive ketones (excluding diaryl/α,β-unsaturated/α-hetero) is 1. The molecule has 6 heteroatoms. The number of ether oxygens (including phenoxy) is 1. The lowest BCUT2D eigenvalue weighted by Crippen LogP contribution is -2.54. The molecule has 1 aromatic carbocycles. The van der Waals surface area contributed by atoms with E-state index in [9.17, 15) is 10.1 Å². The molecule has 1 atom stereocenters. The summed E-state index contributed by atoms with van der Waals surface area (Å²) in [6.07, 6.45) is 7.12. The second-order valence-corrected chi connectivity index (χ2v) is 10.1. The van der Waals surface area contributed by atoms with Crippen molar-refractivity contribution in [1.82, 2.24) is 9.88 Å². The number of hydrogen-bond donors (Lipinski definition) is 0. The monoisotopic (exact) mass is 489 g/mol. The zero-order chi connectivity index (χ0) is 25.6. The first-order chi connectivity index (χ1) is 16.7. The Kier molecular flexibility index (Phi) is 8.80. The SMILES string of the molecule is CCC(=S)N(CCCOC1=Cc2cccnc2CC1)C(C)(C)C(=O)C(C)c1ccc(C#N)c(C)c1. The second kappa shape index (κ2) is 11.6. The van der Waals surface area contributed by atoms with E-state index in [2.05, 4.69) is 28.1 Å². The van der Waals surface area contributed by atoms with Gasteiger partial charge in [-0.1, -0.05) is 44.3 Å². The maximum atomic E-state index is 13.7. The van der Waals surface area contributed by atoms with Gasteiger partial charge in [-0.2, -0.15) is 5.26 Å². The van der Waals surface area contributed by atoms with Gasteiger partial charge >= 0.3 is 0 Å². The summed E-state index contributed by atoms with van der Waals surface area (Å²) in [5.74, 6) is 0.781. The Bertz CT molecular complexity index is 1160. The molecule has 0 aliphatic heterocycles.